The van der Waals surface area contributed by atoms with Crippen LogP contribution in [0.5, 0.6) is 0 Å². The zero-order valence-corrected chi connectivity index (χ0v) is 11.2. The van der Waals surface area contributed by atoms with E-state index >= 15 is 0 Å². The first kappa shape index (κ1) is 12.5. The number of benzene rings is 1. The van der Waals surface area contributed by atoms with E-state index in [2.05, 4.69) is 41.6 Å². The molecule has 17 heavy (non-hydrogen) atoms. The maximum absolute atomic E-state index is 6.16. The smallest absolute Gasteiger partial charge is 0.0499 e. The maximum Gasteiger partial charge on any atom is 0.0499 e. The fraction of sp³-hybridized carbons (Fsp3) is 0.429. The van der Waals surface area contributed by atoms with Gasteiger partial charge in [0, 0.05) is 35.2 Å². The van der Waals surface area contributed by atoms with Crippen LogP contribution in [0.25, 0.3) is 10.9 Å². The third-order valence-electron chi connectivity index (χ3n) is 3.31. The van der Waals surface area contributed by atoms with Gasteiger partial charge in [-0.1, -0.05) is 31.5 Å². The summed E-state index contributed by atoms with van der Waals surface area (Å²) in [5, 5.41) is 1.98. The van der Waals surface area contributed by atoms with Gasteiger partial charge < -0.3 is 9.47 Å². The summed E-state index contributed by atoms with van der Waals surface area (Å²) in [6, 6.07) is 8.18. The van der Waals surface area contributed by atoms with Gasteiger partial charge in [-0.15, -0.1) is 0 Å². The van der Waals surface area contributed by atoms with Crippen LogP contribution in [0.1, 0.15) is 13.8 Å². The summed E-state index contributed by atoms with van der Waals surface area (Å²) in [6.07, 6.45) is 2.13. The molecule has 2 nitrogen and oxygen atoms in total. The highest BCUT2D eigenvalue weighted by molar-refractivity contribution is 6.35. The Kier molecular flexibility index (Phi) is 4.08. The first-order valence-electron chi connectivity index (χ1n) is 6.22. The summed E-state index contributed by atoms with van der Waals surface area (Å²) >= 11 is 6.16. The normalized spacial score (nSPS) is 11.5. The summed E-state index contributed by atoms with van der Waals surface area (Å²) in [4.78, 5) is 2.43. The Morgan fingerprint density at radius 3 is 2.65 bits per heavy atom. The van der Waals surface area contributed by atoms with Crippen LogP contribution in [0.3, 0.4) is 0 Å². The molecule has 3 heteroatoms. The molecule has 0 amide bonds. The van der Waals surface area contributed by atoms with Crippen molar-refractivity contribution in [1.29, 1.82) is 0 Å². The van der Waals surface area contributed by atoms with Crippen LogP contribution >= 0.6 is 11.6 Å². The van der Waals surface area contributed by atoms with E-state index in [1.807, 2.05) is 12.1 Å². The van der Waals surface area contributed by atoms with E-state index in [1.54, 1.807) is 0 Å². The van der Waals surface area contributed by atoms with E-state index in [1.165, 1.54) is 5.52 Å². The molecule has 0 saturated carbocycles. The lowest BCUT2D eigenvalue weighted by atomic mass is 10.2. The fourth-order valence-corrected chi connectivity index (χ4v) is 2.40. The second-order valence-electron chi connectivity index (χ2n) is 4.21. The number of hydrogen-bond acceptors (Lipinski definition) is 1. The molecule has 0 aliphatic heterocycles. The largest absolute Gasteiger partial charge is 0.346 e. The minimum absolute atomic E-state index is 0.837. The minimum atomic E-state index is 0.837. The van der Waals surface area contributed by atoms with Gasteiger partial charge in [0.1, 0.15) is 0 Å². The van der Waals surface area contributed by atoms with Crippen molar-refractivity contribution in [2.45, 2.75) is 20.4 Å². The van der Waals surface area contributed by atoms with Crippen LogP contribution in [-0.4, -0.2) is 29.1 Å². The zero-order chi connectivity index (χ0) is 12.3. The molecule has 2 rings (SSSR count). The number of halogens is 1. The molecular weight excluding hydrogens is 232 g/mol. The Bertz CT molecular complexity index is 486. The second-order valence-corrected chi connectivity index (χ2v) is 4.62. The summed E-state index contributed by atoms with van der Waals surface area (Å²) in [6.45, 7) is 8.73. The van der Waals surface area contributed by atoms with Gasteiger partial charge in [0.25, 0.3) is 0 Å². The number of nitrogens with zero attached hydrogens (tertiary/aromatic N) is 2. The molecule has 0 unspecified atom stereocenters. The Morgan fingerprint density at radius 2 is 1.94 bits per heavy atom. The van der Waals surface area contributed by atoms with E-state index in [-0.39, 0.29) is 0 Å². The molecule has 0 aliphatic carbocycles. The molecule has 0 N–H and O–H groups in total. The van der Waals surface area contributed by atoms with Crippen molar-refractivity contribution in [2.75, 3.05) is 19.6 Å². The van der Waals surface area contributed by atoms with Gasteiger partial charge >= 0.3 is 0 Å². The van der Waals surface area contributed by atoms with Crippen LogP contribution in [0.15, 0.2) is 30.5 Å². The second kappa shape index (κ2) is 5.56. The van der Waals surface area contributed by atoms with Gasteiger partial charge in [0.2, 0.25) is 0 Å². The van der Waals surface area contributed by atoms with Crippen molar-refractivity contribution in [3.63, 3.8) is 0 Å². The molecule has 0 bridgehead atoms. The van der Waals surface area contributed by atoms with Crippen LogP contribution in [-0.2, 0) is 6.54 Å². The molecule has 92 valence electrons. The highest BCUT2D eigenvalue weighted by Crippen LogP contribution is 2.24. The number of aromatic nitrogens is 1. The van der Waals surface area contributed by atoms with E-state index in [0.717, 1.165) is 36.6 Å². The Morgan fingerprint density at radius 1 is 1.18 bits per heavy atom. The van der Waals surface area contributed by atoms with Crippen molar-refractivity contribution in [3.8, 4) is 0 Å². The predicted molar refractivity (Wildman–Crippen MR) is 74.7 cm³/mol. The van der Waals surface area contributed by atoms with Crippen LogP contribution in [0.4, 0.5) is 0 Å². The fourth-order valence-electron chi connectivity index (χ4n) is 2.17. The van der Waals surface area contributed by atoms with Crippen LogP contribution in [0, 0.1) is 0 Å². The molecule has 1 aromatic heterocycles. The SMILES string of the molecule is CCN(CC)CCn1ccc2c(Cl)cccc21. The summed E-state index contributed by atoms with van der Waals surface area (Å²) in [7, 11) is 0. The molecule has 0 atom stereocenters. The highest BCUT2D eigenvalue weighted by atomic mass is 35.5. The average molecular weight is 251 g/mol. The zero-order valence-electron chi connectivity index (χ0n) is 10.5. The monoisotopic (exact) mass is 250 g/mol. The first-order chi connectivity index (χ1) is 8.26. The minimum Gasteiger partial charge on any atom is -0.346 e. The van der Waals surface area contributed by atoms with Crippen LogP contribution < -0.4 is 0 Å². The third kappa shape index (κ3) is 2.64. The topological polar surface area (TPSA) is 8.17 Å². The number of hydrogen-bond donors (Lipinski definition) is 0. The Hall–Kier alpha value is -0.990. The molecular formula is C14H19ClN2. The average Bonchev–Trinajstić information content (AvgIpc) is 2.75. The van der Waals surface area contributed by atoms with Gasteiger partial charge in [-0.2, -0.15) is 0 Å². The van der Waals surface area contributed by atoms with Gasteiger partial charge in [0.05, 0.1) is 0 Å². The maximum atomic E-state index is 6.16. The first-order valence-corrected chi connectivity index (χ1v) is 6.59. The van der Waals surface area contributed by atoms with E-state index in [0.29, 0.717) is 0 Å². The molecule has 0 saturated heterocycles. The third-order valence-corrected chi connectivity index (χ3v) is 3.64. The van der Waals surface area contributed by atoms with Crippen LogP contribution in [0.2, 0.25) is 5.02 Å². The lowest BCUT2D eigenvalue weighted by Gasteiger charge is -2.18. The molecule has 2 aromatic rings. The molecule has 0 fully saturated rings. The molecule has 1 heterocycles. The standard InChI is InChI=1S/C14H19ClN2/c1-3-16(4-2)10-11-17-9-8-12-13(15)6-5-7-14(12)17/h5-9H,3-4,10-11H2,1-2H3. The molecule has 0 spiro atoms. The van der Waals surface area contributed by atoms with Gasteiger partial charge in [-0.3, -0.25) is 0 Å². The van der Waals surface area contributed by atoms with Crippen molar-refractivity contribution >= 4 is 22.5 Å². The van der Waals surface area contributed by atoms with Gasteiger partial charge in [-0.25, -0.2) is 0 Å². The molecule has 1 aromatic carbocycles. The number of likely N-dealkylation sites (N-methyl/N-ethyl adjacent to an activating group) is 1. The molecule has 0 aliphatic rings. The highest BCUT2D eigenvalue weighted by Gasteiger charge is 2.05. The van der Waals surface area contributed by atoms with Crippen molar-refractivity contribution in [2.24, 2.45) is 0 Å². The van der Waals surface area contributed by atoms with E-state index < -0.39 is 0 Å². The predicted octanol–water partition coefficient (Wildman–Crippen LogP) is 3.64. The Balaban J connectivity index is 2.17. The Labute approximate surface area is 108 Å². The van der Waals surface area contributed by atoms with Crippen molar-refractivity contribution in [3.05, 3.63) is 35.5 Å². The van der Waals surface area contributed by atoms with E-state index in [9.17, 15) is 0 Å². The van der Waals surface area contributed by atoms with Crippen molar-refractivity contribution < 1.29 is 0 Å². The quantitative estimate of drug-likeness (QED) is 0.787. The lowest BCUT2D eigenvalue weighted by molar-refractivity contribution is 0.292. The summed E-state index contributed by atoms with van der Waals surface area (Å²) in [5.41, 5.74) is 1.23. The summed E-state index contributed by atoms with van der Waals surface area (Å²) in [5.74, 6) is 0. The number of rotatable bonds is 5. The van der Waals surface area contributed by atoms with Crippen molar-refractivity contribution in [1.82, 2.24) is 9.47 Å². The number of fused-ring (bicyclic) bond motifs is 1. The van der Waals surface area contributed by atoms with Gasteiger partial charge in [-0.05, 0) is 31.3 Å². The molecule has 0 radical (unpaired) electrons. The lowest BCUT2D eigenvalue weighted by Crippen LogP contribution is -2.26. The van der Waals surface area contributed by atoms with Gasteiger partial charge in [0.15, 0.2) is 0 Å². The van der Waals surface area contributed by atoms with E-state index in [4.69, 9.17) is 11.6 Å². The summed E-state index contributed by atoms with van der Waals surface area (Å²) < 4.78 is 2.28.